The first kappa shape index (κ1) is 16.2. The van der Waals surface area contributed by atoms with Gasteiger partial charge in [0.2, 0.25) is 0 Å². The number of aliphatic carboxylic acids is 1. The minimum Gasteiger partial charge on any atom is -0.480 e. The first-order valence-corrected chi connectivity index (χ1v) is 6.53. The van der Waals surface area contributed by atoms with Gasteiger partial charge in [-0.15, -0.1) is 0 Å². The van der Waals surface area contributed by atoms with Gasteiger partial charge in [-0.3, -0.25) is 4.79 Å². The lowest BCUT2D eigenvalue weighted by Crippen LogP contribution is -2.59. The number of carboxylic acids is 1. The van der Waals surface area contributed by atoms with Gasteiger partial charge in [-0.05, 0) is 6.92 Å². The number of hydrogen-bond donors (Lipinski definition) is 3. The van der Waals surface area contributed by atoms with Crippen LogP contribution in [0.5, 0.6) is 0 Å². The average molecular weight is 288 g/mol. The Morgan fingerprint density at radius 3 is 2.50 bits per heavy atom. The summed E-state index contributed by atoms with van der Waals surface area (Å²) in [5.41, 5.74) is -1.30. The fraction of sp³-hybridized carbons (Fsp3) is 0.750. The maximum atomic E-state index is 11.7. The summed E-state index contributed by atoms with van der Waals surface area (Å²) in [6.07, 6.45) is 0.478. The molecule has 0 spiro atoms. The molecule has 0 atom stereocenters. The van der Waals surface area contributed by atoms with Crippen LogP contribution in [-0.4, -0.2) is 55.0 Å². The Kier molecular flexibility index (Phi) is 6.23. The molecule has 0 radical (unpaired) electrons. The molecule has 8 nitrogen and oxygen atoms in total. The summed E-state index contributed by atoms with van der Waals surface area (Å²) < 4.78 is 9.81. The van der Waals surface area contributed by atoms with Crippen molar-refractivity contribution in [2.45, 2.75) is 31.7 Å². The molecule has 0 bridgehead atoms. The molecule has 3 N–H and O–H groups in total. The largest absolute Gasteiger partial charge is 0.480 e. The third-order valence-electron chi connectivity index (χ3n) is 3.03. The molecular formula is C12H20N2O6. The minimum absolute atomic E-state index is 0.0461. The van der Waals surface area contributed by atoms with Crippen LogP contribution in [0.15, 0.2) is 0 Å². The van der Waals surface area contributed by atoms with Crippen molar-refractivity contribution in [1.82, 2.24) is 10.6 Å². The third kappa shape index (κ3) is 4.69. The molecule has 1 saturated heterocycles. The highest BCUT2D eigenvalue weighted by atomic mass is 16.5. The van der Waals surface area contributed by atoms with Gasteiger partial charge in [-0.1, -0.05) is 0 Å². The molecule has 0 unspecified atom stereocenters. The Balaban J connectivity index is 2.39. The number of hydrogen-bond acceptors (Lipinski definition) is 5. The summed E-state index contributed by atoms with van der Waals surface area (Å²) >= 11 is 0. The number of nitrogens with one attached hydrogen (secondary N) is 2. The number of carbonyl (C=O) groups excluding carboxylic acids is 2. The van der Waals surface area contributed by atoms with Crippen molar-refractivity contribution in [2.24, 2.45) is 0 Å². The van der Waals surface area contributed by atoms with E-state index in [0.29, 0.717) is 0 Å². The van der Waals surface area contributed by atoms with Gasteiger partial charge < -0.3 is 25.2 Å². The molecule has 114 valence electrons. The van der Waals surface area contributed by atoms with Crippen molar-refractivity contribution < 1.29 is 29.0 Å². The second kappa shape index (κ2) is 7.68. The van der Waals surface area contributed by atoms with Crippen LogP contribution >= 0.6 is 0 Å². The quantitative estimate of drug-likeness (QED) is 0.587. The Hall–Kier alpha value is -1.83. The van der Waals surface area contributed by atoms with E-state index >= 15 is 0 Å². The molecule has 1 fully saturated rings. The smallest absolute Gasteiger partial charge is 0.329 e. The van der Waals surface area contributed by atoms with Gasteiger partial charge in [-0.2, -0.15) is 0 Å². The lowest BCUT2D eigenvalue weighted by atomic mass is 9.90. The van der Waals surface area contributed by atoms with E-state index in [1.165, 1.54) is 0 Å². The standard InChI is InChI=1S/C12H20N2O6/c1-2-20-9(15)3-6-13-11(18)14-12(10(16)17)4-7-19-8-5-12/h2-8H2,1H3,(H,16,17)(H2,13,14,18). The van der Waals surface area contributed by atoms with Crippen molar-refractivity contribution in [3.8, 4) is 0 Å². The van der Waals surface area contributed by atoms with Crippen LogP contribution in [-0.2, 0) is 19.1 Å². The summed E-state index contributed by atoms with van der Waals surface area (Å²) in [4.78, 5) is 34.1. The van der Waals surface area contributed by atoms with E-state index in [4.69, 9.17) is 9.47 Å². The van der Waals surface area contributed by atoms with E-state index in [9.17, 15) is 19.5 Å². The summed E-state index contributed by atoms with van der Waals surface area (Å²) in [6, 6.07) is -0.612. The van der Waals surface area contributed by atoms with Gasteiger partial charge >= 0.3 is 18.0 Å². The molecule has 20 heavy (non-hydrogen) atoms. The number of ether oxygens (including phenoxy) is 2. The zero-order chi connectivity index (χ0) is 15.0. The lowest BCUT2D eigenvalue weighted by Gasteiger charge is -2.33. The second-order valence-corrected chi connectivity index (χ2v) is 4.44. The topological polar surface area (TPSA) is 114 Å². The minimum atomic E-state index is -1.30. The van der Waals surface area contributed by atoms with Gasteiger partial charge in [0.15, 0.2) is 0 Å². The molecule has 1 rings (SSSR count). The fourth-order valence-electron chi connectivity index (χ4n) is 1.88. The highest BCUT2D eigenvalue weighted by molar-refractivity contribution is 5.86. The number of urea groups is 1. The molecule has 1 aliphatic rings. The maximum Gasteiger partial charge on any atom is 0.329 e. The van der Waals surface area contributed by atoms with Crippen LogP contribution in [0.1, 0.15) is 26.2 Å². The van der Waals surface area contributed by atoms with Crippen molar-refractivity contribution in [3.05, 3.63) is 0 Å². The summed E-state index contributed by atoms with van der Waals surface area (Å²) in [6.45, 7) is 2.65. The highest BCUT2D eigenvalue weighted by Gasteiger charge is 2.41. The average Bonchev–Trinajstić information content (AvgIpc) is 2.39. The van der Waals surface area contributed by atoms with Crippen LogP contribution < -0.4 is 10.6 Å². The van der Waals surface area contributed by atoms with E-state index in [0.717, 1.165) is 0 Å². The Bertz CT molecular complexity index is 365. The first-order chi connectivity index (χ1) is 9.50. The monoisotopic (exact) mass is 288 g/mol. The van der Waals surface area contributed by atoms with Gasteiger partial charge in [0.25, 0.3) is 0 Å². The summed E-state index contributed by atoms with van der Waals surface area (Å²) in [7, 11) is 0. The van der Waals surface area contributed by atoms with Crippen molar-refractivity contribution in [2.75, 3.05) is 26.4 Å². The number of esters is 1. The van der Waals surface area contributed by atoms with E-state index in [1.807, 2.05) is 0 Å². The summed E-state index contributed by atoms with van der Waals surface area (Å²) in [5.74, 6) is -1.49. The Labute approximate surface area is 116 Å². The zero-order valence-corrected chi connectivity index (χ0v) is 11.4. The fourth-order valence-corrected chi connectivity index (χ4v) is 1.88. The van der Waals surface area contributed by atoms with E-state index < -0.39 is 23.5 Å². The first-order valence-electron chi connectivity index (χ1n) is 6.53. The van der Waals surface area contributed by atoms with Gasteiger partial charge in [0.05, 0.1) is 13.0 Å². The third-order valence-corrected chi connectivity index (χ3v) is 3.03. The number of rotatable bonds is 6. The van der Waals surface area contributed by atoms with E-state index in [2.05, 4.69) is 10.6 Å². The zero-order valence-electron chi connectivity index (χ0n) is 11.4. The van der Waals surface area contributed by atoms with Crippen LogP contribution in [0.3, 0.4) is 0 Å². The van der Waals surface area contributed by atoms with E-state index in [-0.39, 0.29) is 45.6 Å². The van der Waals surface area contributed by atoms with Crippen molar-refractivity contribution in [3.63, 3.8) is 0 Å². The molecule has 0 aromatic carbocycles. The predicted molar refractivity (Wildman–Crippen MR) is 68.2 cm³/mol. The SMILES string of the molecule is CCOC(=O)CCNC(=O)NC1(C(=O)O)CCOCC1. The van der Waals surface area contributed by atoms with Crippen LogP contribution in [0.25, 0.3) is 0 Å². The van der Waals surface area contributed by atoms with Crippen molar-refractivity contribution >= 4 is 18.0 Å². The Morgan fingerprint density at radius 2 is 1.95 bits per heavy atom. The Morgan fingerprint density at radius 1 is 1.30 bits per heavy atom. The molecule has 1 aliphatic heterocycles. The van der Waals surface area contributed by atoms with E-state index in [1.54, 1.807) is 6.92 Å². The normalized spacial score (nSPS) is 17.1. The molecule has 1 heterocycles. The molecular weight excluding hydrogens is 268 g/mol. The maximum absolute atomic E-state index is 11.7. The lowest BCUT2D eigenvalue weighted by molar-refractivity contribution is -0.148. The molecule has 8 heteroatoms. The van der Waals surface area contributed by atoms with Crippen LogP contribution in [0.2, 0.25) is 0 Å². The molecule has 2 amide bonds. The number of carboxylic acid groups (broad SMARTS) is 1. The molecule has 0 aromatic rings. The highest BCUT2D eigenvalue weighted by Crippen LogP contribution is 2.20. The number of carbonyl (C=O) groups is 3. The van der Waals surface area contributed by atoms with Gasteiger partial charge in [0, 0.05) is 32.6 Å². The van der Waals surface area contributed by atoms with Gasteiger partial charge in [0.1, 0.15) is 5.54 Å². The van der Waals surface area contributed by atoms with Crippen molar-refractivity contribution in [1.29, 1.82) is 0 Å². The van der Waals surface area contributed by atoms with Crippen LogP contribution in [0.4, 0.5) is 4.79 Å². The molecule has 0 saturated carbocycles. The number of amides is 2. The molecule has 0 aliphatic carbocycles. The van der Waals surface area contributed by atoms with Crippen LogP contribution in [0, 0.1) is 0 Å². The molecule has 0 aromatic heterocycles. The summed E-state index contributed by atoms with van der Waals surface area (Å²) in [5, 5.41) is 14.1. The second-order valence-electron chi connectivity index (χ2n) is 4.44. The predicted octanol–water partition coefficient (Wildman–Crippen LogP) is -0.127. The van der Waals surface area contributed by atoms with Gasteiger partial charge in [-0.25, -0.2) is 9.59 Å².